The molecule has 1 aliphatic heterocycles. The number of halogens is 2. The van der Waals surface area contributed by atoms with Crippen LogP contribution in [0.1, 0.15) is 15.9 Å². The fourth-order valence-electron chi connectivity index (χ4n) is 2.53. The van der Waals surface area contributed by atoms with Gasteiger partial charge in [0.05, 0.1) is 10.5 Å². The van der Waals surface area contributed by atoms with Gasteiger partial charge >= 0.3 is 11.7 Å². The summed E-state index contributed by atoms with van der Waals surface area (Å²) in [5.41, 5.74) is 1.28. The monoisotopic (exact) mass is 381 g/mol. The van der Waals surface area contributed by atoms with Crippen molar-refractivity contribution in [2.45, 2.75) is 23.2 Å². The highest BCUT2D eigenvalue weighted by Gasteiger charge is 2.31. The molecule has 6 nitrogen and oxygen atoms in total. The Bertz CT molecular complexity index is 957. The van der Waals surface area contributed by atoms with Crippen LogP contribution in [-0.2, 0) is 25.8 Å². The number of esters is 1. The number of hydrogen-bond acceptors (Lipinski definition) is 5. The zero-order chi connectivity index (χ0) is 18.9. The van der Waals surface area contributed by atoms with E-state index in [0.717, 1.165) is 12.1 Å². The SMILES string of the molecule is O=C1O[C@H](C(=O)Nc2ccc(S(=O)(=O)C(F)F)cc2)Cc2ccccc21. The lowest BCUT2D eigenvalue weighted by Crippen LogP contribution is -2.37. The first-order chi connectivity index (χ1) is 12.3. The molecule has 136 valence electrons. The number of anilines is 1. The fourth-order valence-corrected chi connectivity index (χ4v) is 3.25. The van der Waals surface area contributed by atoms with Crippen LogP contribution in [0.4, 0.5) is 14.5 Å². The summed E-state index contributed by atoms with van der Waals surface area (Å²) in [6, 6.07) is 11.1. The predicted octanol–water partition coefficient (Wildman–Crippen LogP) is 2.40. The largest absolute Gasteiger partial charge is 0.448 e. The van der Waals surface area contributed by atoms with Crippen LogP contribution in [0.2, 0.25) is 0 Å². The smallest absolute Gasteiger partial charge is 0.341 e. The van der Waals surface area contributed by atoms with Crippen LogP contribution in [-0.4, -0.2) is 32.2 Å². The van der Waals surface area contributed by atoms with Gasteiger partial charge < -0.3 is 10.1 Å². The van der Waals surface area contributed by atoms with Crippen molar-refractivity contribution in [3.05, 3.63) is 59.7 Å². The first kappa shape index (κ1) is 18.0. The van der Waals surface area contributed by atoms with Crippen LogP contribution in [0.15, 0.2) is 53.4 Å². The van der Waals surface area contributed by atoms with Crippen molar-refractivity contribution in [1.82, 2.24) is 0 Å². The van der Waals surface area contributed by atoms with Crippen LogP contribution in [0, 0.1) is 0 Å². The lowest BCUT2D eigenvalue weighted by Gasteiger charge is -2.23. The van der Waals surface area contributed by atoms with Gasteiger partial charge in [-0.25, -0.2) is 13.2 Å². The minimum absolute atomic E-state index is 0.193. The third-order valence-electron chi connectivity index (χ3n) is 3.87. The summed E-state index contributed by atoms with van der Waals surface area (Å²) in [5, 5.41) is 2.47. The Morgan fingerprint density at radius 3 is 2.42 bits per heavy atom. The molecular formula is C17H13F2NO5S. The zero-order valence-corrected chi connectivity index (χ0v) is 14.0. The molecule has 0 bridgehead atoms. The lowest BCUT2D eigenvalue weighted by molar-refractivity contribution is -0.125. The Morgan fingerprint density at radius 1 is 1.12 bits per heavy atom. The van der Waals surface area contributed by atoms with Gasteiger partial charge in [0, 0.05) is 12.1 Å². The third kappa shape index (κ3) is 3.43. The van der Waals surface area contributed by atoms with E-state index >= 15 is 0 Å². The van der Waals surface area contributed by atoms with Gasteiger partial charge in [-0.05, 0) is 35.9 Å². The minimum Gasteiger partial charge on any atom is -0.448 e. The molecule has 1 atom stereocenters. The number of cyclic esters (lactones) is 1. The molecule has 0 aromatic heterocycles. The van der Waals surface area contributed by atoms with E-state index in [1.54, 1.807) is 24.3 Å². The number of carbonyl (C=O) groups excluding carboxylic acids is 2. The van der Waals surface area contributed by atoms with Crippen LogP contribution < -0.4 is 5.32 Å². The Morgan fingerprint density at radius 2 is 1.77 bits per heavy atom. The van der Waals surface area contributed by atoms with Crippen molar-refractivity contribution < 1.29 is 31.5 Å². The summed E-state index contributed by atoms with van der Waals surface area (Å²) in [6.07, 6.45) is -0.840. The van der Waals surface area contributed by atoms with E-state index in [9.17, 15) is 26.8 Å². The topological polar surface area (TPSA) is 89.5 Å². The summed E-state index contributed by atoms with van der Waals surface area (Å²) in [7, 11) is -4.70. The maximum atomic E-state index is 12.5. The molecule has 0 aliphatic carbocycles. The molecule has 0 radical (unpaired) electrons. The van der Waals surface area contributed by atoms with Crippen molar-refractivity contribution >= 4 is 27.4 Å². The number of rotatable bonds is 4. The van der Waals surface area contributed by atoms with Crippen molar-refractivity contribution in [3.8, 4) is 0 Å². The van der Waals surface area contributed by atoms with Crippen molar-refractivity contribution in [1.29, 1.82) is 0 Å². The number of carbonyl (C=O) groups is 2. The highest BCUT2D eigenvalue weighted by molar-refractivity contribution is 7.91. The van der Waals surface area contributed by atoms with Crippen LogP contribution in [0.3, 0.4) is 0 Å². The minimum atomic E-state index is -4.70. The number of ether oxygens (including phenoxy) is 1. The number of nitrogens with one attached hydrogen (secondary N) is 1. The van der Waals surface area contributed by atoms with E-state index in [0.29, 0.717) is 11.1 Å². The Hall–Kier alpha value is -2.81. The van der Waals surface area contributed by atoms with Gasteiger partial charge in [0.2, 0.25) is 9.84 Å². The number of alkyl halides is 2. The second-order valence-corrected chi connectivity index (χ2v) is 7.49. The standard InChI is InChI=1S/C17H13F2NO5S/c18-17(19)26(23,24)12-7-5-11(6-8-12)20-15(21)14-9-10-3-1-2-4-13(10)16(22)25-14/h1-8,14,17H,9H2,(H,20,21)/t14-/m0/s1. The first-order valence-corrected chi connectivity index (χ1v) is 9.05. The normalized spacial score (nSPS) is 16.7. The quantitative estimate of drug-likeness (QED) is 0.822. The second-order valence-electron chi connectivity index (χ2n) is 5.57. The average molecular weight is 381 g/mol. The molecule has 9 heteroatoms. The van der Waals surface area contributed by atoms with E-state index in [-0.39, 0.29) is 12.1 Å². The summed E-state index contributed by atoms with van der Waals surface area (Å²) in [6.45, 7) is 0. The Balaban J connectivity index is 1.72. The number of amides is 1. The average Bonchev–Trinajstić information content (AvgIpc) is 2.62. The summed E-state index contributed by atoms with van der Waals surface area (Å²) in [4.78, 5) is 23.7. The molecule has 2 aromatic carbocycles. The Kier molecular flexibility index (Phi) is 4.73. The van der Waals surface area contributed by atoms with E-state index in [1.165, 1.54) is 12.1 Å². The number of fused-ring (bicyclic) bond motifs is 1. The van der Waals surface area contributed by atoms with E-state index in [2.05, 4.69) is 5.32 Å². The molecule has 0 fully saturated rings. The van der Waals surface area contributed by atoms with Crippen LogP contribution >= 0.6 is 0 Å². The van der Waals surface area contributed by atoms with Crippen LogP contribution in [0.5, 0.6) is 0 Å². The zero-order valence-electron chi connectivity index (χ0n) is 13.2. The summed E-state index contributed by atoms with van der Waals surface area (Å²) < 4.78 is 52.9. The Labute approximate surface area is 147 Å². The highest BCUT2D eigenvalue weighted by atomic mass is 32.2. The van der Waals surface area contributed by atoms with E-state index in [4.69, 9.17) is 4.74 Å². The molecule has 0 unspecified atom stereocenters. The first-order valence-electron chi connectivity index (χ1n) is 7.51. The molecule has 1 heterocycles. The van der Waals surface area contributed by atoms with Crippen molar-refractivity contribution in [3.63, 3.8) is 0 Å². The van der Waals surface area contributed by atoms with E-state index < -0.39 is 38.5 Å². The van der Waals surface area contributed by atoms with Gasteiger partial charge in [-0.15, -0.1) is 0 Å². The lowest BCUT2D eigenvalue weighted by atomic mass is 9.98. The fraction of sp³-hybridized carbons (Fsp3) is 0.176. The van der Waals surface area contributed by atoms with Gasteiger partial charge in [-0.2, -0.15) is 8.78 Å². The molecule has 0 saturated carbocycles. The maximum absolute atomic E-state index is 12.5. The van der Waals surface area contributed by atoms with E-state index in [1.807, 2.05) is 0 Å². The molecule has 1 aliphatic rings. The maximum Gasteiger partial charge on any atom is 0.341 e. The van der Waals surface area contributed by atoms with Crippen molar-refractivity contribution in [2.75, 3.05) is 5.32 Å². The summed E-state index contributed by atoms with van der Waals surface area (Å²) >= 11 is 0. The van der Waals surface area contributed by atoms with Gasteiger partial charge in [0.15, 0.2) is 6.10 Å². The highest BCUT2D eigenvalue weighted by Crippen LogP contribution is 2.23. The molecular weight excluding hydrogens is 368 g/mol. The number of benzene rings is 2. The van der Waals surface area contributed by atoms with Crippen LogP contribution in [0.25, 0.3) is 0 Å². The molecule has 3 rings (SSSR count). The summed E-state index contributed by atoms with van der Waals surface area (Å²) in [5.74, 6) is -4.73. The predicted molar refractivity (Wildman–Crippen MR) is 87.6 cm³/mol. The molecule has 1 N–H and O–H groups in total. The number of hydrogen-bond donors (Lipinski definition) is 1. The van der Waals surface area contributed by atoms with Gasteiger partial charge in [0.1, 0.15) is 0 Å². The molecule has 1 amide bonds. The second kappa shape index (κ2) is 6.83. The molecule has 0 spiro atoms. The molecule has 2 aromatic rings. The number of sulfone groups is 1. The van der Waals surface area contributed by atoms with Gasteiger partial charge in [0.25, 0.3) is 5.91 Å². The van der Waals surface area contributed by atoms with Crippen molar-refractivity contribution in [2.24, 2.45) is 0 Å². The third-order valence-corrected chi connectivity index (χ3v) is 5.27. The van der Waals surface area contributed by atoms with Gasteiger partial charge in [-0.1, -0.05) is 18.2 Å². The molecule has 0 saturated heterocycles. The van der Waals surface area contributed by atoms with Gasteiger partial charge in [-0.3, -0.25) is 4.79 Å². The molecule has 26 heavy (non-hydrogen) atoms.